The molecule has 0 bridgehead atoms. The third-order valence-corrected chi connectivity index (χ3v) is 5.78. The molecular formula is C35H26F2Si. The first-order valence-corrected chi connectivity index (χ1v) is 15.5. The summed E-state index contributed by atoms with van der Waals surface area (Å²) in [6.45, 7) is 6.67. The van der Waals surface area contributed by atoms with E-state index < -0.39 is 8.07 Å². The predicted molar refractivity (Wildman–Crippen MR) is 156 cm³/mol. The van der Waals surface area contributed by atoms with Crippen molar-refractivity contribution in [3.63, 3.8) is 0 Å². The fraction of sp³-hybridized carbons (Fsp3) is 0.0857. The van der Waals surface area contributed by atoms with Gasteiger partial charge in [0.1, 0.15) is 19.7 Å². The SMILES string of the molecule is C#Cc1ccc(C#Cc2ccc(F)cc2)cc1.C[Si](C)(C)C#Cc1ccc(C#Cc2ccc(F)cc2)cc1. The minimum Gasteiger partial charge on any atom is -0.207 e. The quantitative estimate of drug-likeness (QED) is 0.168. The van der Waals surface area contributed by atoms with Crippen LogP contribution >= 0.6 is 0 Å². The molecule has 0 N–H and O–H groups in total. The molecule has 0 spiro atoms. The molecule has 3 heteroatoms. The van der Waals surface area contributed by atoms with Gasteiger partial charge in [0.25, 0.3) is 0 Å². The van der Waals surface area contributed by atoms with E-state index in [0.29, 0.717) is 0 Å². The lowest BCUT2D eigenvalue weighted by molar-refractivity contribution is 0.627. The monoisotopic (exact) mass is 512 g/mol. The van der Waals surface area contributed by atoms with Gasteiger partial charge in [0, 0.05) is 33.4 Å². The molecule has 0 radical (unpaired) electrons. The Morgan fingerprint density at radius 2 is 0.711 bits per heavy atom. The summed E-state index contributed by atoms with van der Waals surface area (Å²) in [7, 11) is -1.34. The highest BCUT2D eigenvalue weighted by Gasteiger charge is 2.07. The maximum absolute atomic E-state index is 12.8. The average Bonchev–Trinajstić information content (AvgIpc) is 2.92. The summed E-state index contributed by atoms with van der Waals surface area (Å²) in [5, 5.41) is 0. The Morgan fingerprint density at radius 1 is 0.447 bits per heavy atom. The molecule has 0 aromatic heterocycles. The number of benzene rings is 4. The molecule has 4 aromatic rings. The van der Waals surface area contributed by atoms with Gasteiger partial charge in [0.05, 0.1) is 0 Å². The van der Waals surface area contributed by atoms with Gasteiger partial charge in [-0.2, -0.15) is 0 Å². The molecule has 4 aromatic carbocycles. The van der Waals surface area contributed by atoms with Crippen molar-refractivity contribution in [1.82, 2.24) is 0 Å². The second kappa shape index (κ2) is 13.5. The molecule has 38 heavy (non-hydrogen) atoms. The number of halogens is 2. The highest BCUT2D eigenvalue weighted by atomic mass is 28.3. The lowest BCUT2D eigenvalue weighted by atomic mass is 10.1. The molecule has 0 saturated carbocycles. The Morgan fingerprint density at radius 3 is 1.00 bits per heavy atom. The molecule has 0 fully saturated rings. The van der Waals surface area contributed by atoms with Crippen molar-refractivity contribution in [2.75, 3.05) is 0 Å². The van der Waals surface area contributed by atoms with Crippen LogP contribution < -0.4 is 0 Å². The molecule has 0 aliphatic carbocycles. The van der Waals surface area contributed by atoms with Gasteiger partial charge in [-0.05, 0) is 97.1 Å². The van der Waals surface area contributed by atoms with Crippen molar-refractivity contribution < 1.29 is 8.78 Å². The number of rotatable bonds is 0. The zero-order valence-corrected chi connectivity index (χ0v) is 22.6. The molecule has 0 aliphatic heterocycles. The smallest absolute Gasteiger partial charge is 0.129 e. The second-order valence-corrected chi connectivity index (χ2v) is 14.1. The van der Waals surface area contributed by atoms with Crippen molar-refractivity contribution in [3.8, 4) is 47.5 Å². The third kappa shape index (κ3) is 10.1. The van der Waals surface area contributed by atoms with Gasteiger partial charge in [-0.15, -0.1) is 12.0 Å². The zero-order chi connectivity index (χ0) is 27.4. The van der Waals surface area contributed by atoms with E-state index in [1.54, 1.807) is 24.3 Å². The summed E-state index contributed by atoms with van der Waals surface area (Å²) in [5.41, 5.74) is 8.59. The van der Waals surface area contributed by atoms with Crippen LogP contribution in [0.15, 0.2) is 97.1 Å². The van der Waals surface area contributed by atoms with Gasteiger partial charge < -0.3 is 0 Å². The van der Waals surface area contributed by atoms with Crippen molar-refractivity contribution >= 4 is 8.07 Å². The van der Waals surface area contributed by atoms with Crippen LogP contribution in [0.5, 0.6) is 0 Å². The van der Waals surface area contributed by atoms with Crippen molar-refractivity contribution in [1.29, 1.82) is 0 Å². The first-order valence-electron chi connectivity index (χ1n) is 12.0. The summed E-state index contributed by atoms with van der Waals surface area (Å²) in [6, 6.07) is 27.6. The van der Waals surface area contributed by atoms with E-state index in [9.17, 15) is 8.78 Å². The maximum atomic E-state index is 12.8. The van der Waals surface area contributed by atoms with Crippen LogP contribution in [0.4, 0.5) is 8.78 Å². The first-order chi connectivity index (χ1) is 18.2. The maximum Gasteiger partial charge on any atom is 0.129 e. The Kier molecular flexibility index (Phi) is 9.86. The molecule has 0 unspecified atom stereocenters. The van der Waals surface area contributed by atoms with Crippen molar-refractivity contribution in [3.05, 3.63) is 142 Å². The topological polar surface area (TPSA) is 0 Å². The lowest BCUT2D eigenvalue weighted by Crippen LogP contribution is -2.16. The number of hydrogen-bond donors (Lipinski definition) is 0. The normalized spacial score (nSPS) is 9.58. The van der Waals surface area contributed by atoms with E-state index in [-0.39, 0.29) is 11.6 Å². The molecule has 4 rings (SSSR count). The molecule has 184 valence electrons. The van der Waals surface area contributed by atoms with Crippen molar-refractivity contribution in [2.45, 2.75) is 19.6 Å². The van der Waals surface area contributed by atoms with Gasteiger partial charge in [-0.3, -0.25) is 0 Å². The van der Waals surface area contributed by atoms with E-state index in [2.05, 4.69) is 60.7 Å². The standard InChI is InChI=1S/C19H17FSi.C16H9F/c1-21(2,3)15-14-18-8-6-16(7-9-18)4-5-17-10-12-19(20)13-11-17;1-2-13-3-5-14(6-4-13)7-8-15-9-11-16(17)12-10-15/h6-13H,1-3H3;1,3-6,9-12H. The van der Waals surface area contributed by atoms with E-state index in [0.717, 1.165) is 33.4 Å². The Labute approximate surface area is 225 Å². The number of terminal acetylenes is 1. The Bertz CT molecular complexity index is 1580. The fourth-order valence-corrected chi connectivity index (χ4v) is 3.42. The van der Waals surface area contributed by atoms with E-state index in [4.69, 9.17) is 6.42 Å². The van der Waals surface area contributed by atoms with E-state index >= 15 is 0 Å². The number of hydrogen-bond acceptors (Lipinski definition) is 0. The van der Waals surface area contributed by atoms with E-state index in [1.807, 2.05) is 48.5 Å². The Balaban J connectivity index is 0.000000215. The fourth-order valence-electron chi connectivity index (χ4n) is 2.90. The Hall–Kier alpha value is -4.80. The van der Waals surface area contributed by atoms with Crippen LogP contribution in [-0.2, 0) is 0 Å². The van der Waals surface area contributed by atoms with Gasteiger partial charge in [0.2, 0.25) is 0 Å². The summed E-state index contributed by atoms with van der Waals surface area (Å²) in [4.78, 5) is 0. The average molecular weight is 513 g/mol. The van der Waals surface area contributed by atoms with E-state index in [1.165, 1.54) is 24.3 Å². The summed E-state index contributed by atoms with van der Waals surface area (Å²) in [6.07, 6.45) is 5.26. The zero-order valence-electron chi connectivity index (χ0n) is 21.6. The molecule has 0 aliphatic rings. The summed E-state index contributed by atoms with van der Waals surface area (Å²) in [5.74, 6) is 17.3. The highest BCUT2D eigenvalue weighted by molar-refractivity contribution is 6.83. The predicted octanol–water partition coefficient (Wildman–Crippen LogP) is 7.66. The highest BCUT2D eigenvalue weighted by Crippen LogP contribution is 2.06. The second-order valence-electron chi connectivity index (χ2n) is 9.31. The molecule has 0 atom stereocenters. The molecule has 0 saturated heterocycles. The van der Waals surface area contributed by atoms with Gasteiger partial charge in [-0.25, -0.2) is 8.78 Å². The molecule has 0 nitrogen and oxygen atoms in total. The van der Waals surface area contributed by atoms with Crippen LogP contribution in [0.25, 0.3) is 0 Å². The molecular weight excluding hydrogens is 486 g/mol. The van der Waals surface area contributed by atoms with Crippen molar-refractivity contribution in [2.24, 2.45) is 0 Å². The van der Waals surface area contributed by atoms with Crippen LogP contribution in [0.2, 0.25) is 19.6 Å². The van der Waals surface area contributed by atoms with Gasteiger partial charge >= 0.3 is 0 Å². The third-order valence-electron chi connectivity index (χ3n) is 4.91. The minimum absolute atomic E-state index is 0.245. The summed E-state index contributed by atoms with van der Waals surface area (Å²) < 4.78 is 25.5. The molecule has 0 heterocycles. The van der Waals surface area contributed by atoms with Crippen LogP contribution in [0.1, 0.15) is 33.4 Å². The molecule has 0 amide bonds. The van der Waals surface area contributed by atoms with Gasteiger partial charge in [-0.1, -0.05) is 55.2 Å². The minimum atomic E-state index is -1.34. The van der Waals surface area contributed by atoms with Crippen LogP contribution in [-0.4, -0.2) is 8.07 Å². The first kappa shape index (κ1) is 27.8. The largest absolute Gasteiger partial charge is 0.207 e. The van der Waals surface area contributed by atoms with Gasteiger partial charge in [0.15, 0.2) is 0 Å². The van der Waals surface area contributed by atoms with Crippen LogP contribution in [0.3, 0.4) is 0 Å². The lowest BCUT2D eigenvalue weighted by Gasteiger charge is -2.03. The summed E-state index contributed by atoms with van der Waals surface area (Å²) >= 11 is 0. The van der Waals surface area contributed by atoms with Crippen LogP contribution in [0, 0.1) is 59.1 Å².